The number of carboxylic acid groups (broad SMARTS) is 1. The Hall–Kier alpha value is -2.74. The van der Waals surface area contributed by atoms with Crippen LogP contribution in [0.1, 0.15) is 28.9 Å². The molecule has 2 aromatic rings. The number of nitrogens with one attached hydrogen (secondary N) is 3. The van der Waals surface area contributed by atoms with E-state index < -0.39 is 5.97 Å². The molecule has 1 saturated heterocycles. The molecule has 0 aliphatic carbocycles. The Morgan fingerprint density at radius 2 is 1.96 bits per heavy atom. The van der Waals surface area contributed by atoms with Crippen LogP contribution in [0.3, 0.4) is 0 Å². The summed E-state index contributed by atoms with van der Waals surface area (Å²) in [6.45, 7) is 4.62. The van der Waals surface area contributed by atoms with Crippen molar-refractivity contribution < 1.29 is 9.90 Å². The molecule has 0 radical (unpaired) electrons. The molecule has 1 aliphatic heterocycles. The van der Waals surface area contributed by atoms with Gasteiger partial charge in [-0.3, -0.25) is 4.98 Å². The van der Waals surface area contributed by atoms with Crippen molar-refractivity contribution in [3.63, 3.8) is 0 Å². The number of aromatic nitrogens is 3. The number of carboxylic acids is 1. The molecule has 25 heavy (non-hydrogen) atoms. The molecule has 8 heteroatoms. The van der Waals surface area contributed by atoms with Gasteiger partial charge in [0.25, 0.3) is 0 Å². The first-order chi connectivity index (χ1) is 12.1. The number of hydrogen-bond donors (Lipinski definition) is 4. The molecule has 0 bridgehead atoms. The van der Waals surface area contributed by atoms with Crippen molar-refractivity contribution in [1.82, 2.24) is 20.3 Å². The summed E-state index contributed by atoms with van der Waals surface area (Å²) in [7, 11) is 0. The molecule has 0 atom stereocenters. The number of aryl methyl sites for hydroxylation is 1. The number of nitrogens with zero attached hydrogens (tertiary/aromatic N) is 3. The van der Waals surface area contributed by atoms with Gasteiger partial charge in [-0.15, -0.1) is 0 Å². The first-order valence-corrected chi connectivity index (χ1v) is 8.35. The van der Waals surface area contributed by atoms with Gasteiger partial charge in [-0.1, -0.05) is 0 Å². The minimum Gasteiger partial charge on any atom is -0.478 e. The van der Waals surface area contributed by atoms with Crippen LogP contribution in [0.5, 0.6) is 0 Å². The zero-order valence-corrected chi connectivity index (χ0v) is 14.1. The summed E-state index contributed by atoms with van der Waals surface area (Å²) >= 11 is 0. The van der Waals surface area contributed by atoms with Crippen LogP contribution in [0.25, 0.3) is 0 Å². The molecule has 3 heterocycles. The van der Waals surface area contributed by atoms with E-state index >= 15 is 0 Å². The van der Waals surface area contributed by atoms with Crippen molar-refractivity contribution in [3.8, 4) is 0 Å². The molecule has 0 amide bonds. The minimum absolute atomic E-state index is 0.162. The third-order valence-corrected chi connectivity index (χ3v) is 4.21. The lowest BCUT2D eigenvalue weighted by Gasteiger charge is -2.23. The van der Waals surface area contributed by atoms with E-state index in [-0.39, 0.29) is 5.56 Å². The topological polar surface area (TPSA) is 112 Å². The van der Waals surface area contributed by atoms with Gasteiger partial charge in [-0.25, -0.2) is 14.8 Å². The van der Waals surface area contributed by atoms with Crippen LogP contribution in [-0.4, -0.2) is 45.7 Å². The normalized spacial score (nSPS) is 14.9. The largest absolute Gasteiger partial charge is 0.478 e. The average Bonchev–Trinajstić information content (AvgIpc) is 2.63. The predicted octanol–water partition coefficient (Wildman–Crippen LogP) is 2.03. The van der Waals surface area contributed by atoms with E-state index in [9.17, 15) is 9.90 Å². The number of piperidine rings is 1. The van der Waals surface area contributed by atoms with Gasteiger partial charge < -0.3 is 21.1 Å². The molecule has 8 nitrogen and oxygen atoms in total. The van der Waals surface area contributed by atoms with Gasteiger partial charge in [-0.05, 0) is 38.8 Å². The number of anilines is 3. The lowest BCUT2D eigenvalue weighted by atomic mass is 9.98. The zero-order valence-electron chi connectivity index (χ0n) is 14.1. The number of hydrogen-bond acceptors (Lipinski definition) is 7. The second kappa shape index (κ2) is 7.89. The SMILES string of the molecule is Cc1cnc(Nc2cc(NCC3CCNCC3)c(C(=O)O)cn2)cn1. The Morgan fingerprint density at radius 1 is 1.20 bits per heavy atom. The fraction of sp³-hybridized carbons (Fsp3) is 0.412. The smallest absolute Gasteiger partial charge is 0.339 e. The summed E-state index contributed by atoms with van der Waals surface area (Å²) < 4.78 is 0. The van der Waals surface area contributed by atoms with Gasteiger partial charge >= 0.3 is 5.97 Å². The first kappa shape index (κ1) is 17.1. The number of aromatic carboxylic acids is 1. The van der Waals surface area contributed by atoms with Crippen LogP contribution < -0.4 is 16.0 Å². The van der Waals surface area contributed by atoms with E-state index in [0.29, 0.717) is 23.2 Å². The molecule has 1 fully saturated rings. The first-order valence-electron chi connectivity index (χ1n) is 8.35. The summed E-state index contributed by atoms with van der Waals surface area (Å²) in [6.07, 6.45) is 6.81. The van der Waals surface area contributed by atoms with E-state index in [1.54, 1.807) is 18.5 Å². The summed E-state index contributed by atoms with van der Waals surface area (Å²) in [5.74, 6) is 0.624. The van der Waals surface area contributed by atoms with Crippen LogP contribution in [0.2, 0.25) is 0 Å². The summed E-state index contributed by atoms with van der Waals surface area (Å²) in [5, 5.41) is 19.0. The highest BCUT2D eigenvalue weighted by Gasteiger charge is 2.16. The highest BCUT2D eigenvalue weighted by Crippen LogP contribution is 2.22. The zero-order chi connectivity index (χ0) is 17.6. The van der Waals surface area contributed by atoms with Crippen molar-refractivity contribution in [2.75, 3.05) is 30.3 Å². The van der Waals surface area contributed by atoms with Crippen LogP contribution in [0.15, 0.2) is 24.7 Å². The van der Waals surface area contributed by atoms with Crippen molar-refractivity contribution in [3.05, 3.63) is 35.9 Å². The lowest BCUT2D eigenvalue weighted by molar-refractivity contribution is 0.0697. The van der Waals surface area contributed by atoms with Crippen LogP contribution in [0.4, 0.5) is 17.3 Å². The number of pyridine rings is 1. The molecule has 0 saturated carbocycles. The standard InChI is InChI=1S/C17H22N6O2/c1-11-7-21-16(10-19-11)23-15-6-14(13(9-22-15)17(24)25)20-8-12-2-4-18-5-3-12/h6-7,9-10,12,18H,2-5,8H2,1H3,(H,24,25)(H2,20,21,22,23). The Labute approximate surface area is 146 Å². The Morgan fingerprint density at radius 3 is 2.64 bits per heavy atom. The molecule has 0 aromatic carbocycles. The fourth-order valence-electron chi connectivity index (χ4n) is 2.77. The van der Waals surface area contributed by atoms with Crippen molar-refractivity contribution in [2.24, 2.45) is 5.92 Å². The van der Waals surface area contributed by atoms with Gasteiger partial charge in [0.15, 0.2) is 0 Å². The van der Waals surface area contributed by atoms with Crippen molar-refractivity contribution in [1.29, 1.82) is 0 Å². The fourth-order valence-corrected chi connectivity index (χ4v) is 2.77. The molecule has 0 unspecified atom stereocenters. The molecule has 132 valence electrons. The molecule has 0 spiro atoms. The molecule has 4 N–H and O–H groups in total. The summed E-state index contributed by atoms with van der Waals surface area (Å²) in [5.41, 5.74) is 1.54. The maximum absolute atomic E-state index is 11.4. The van der Waals surface area contributed by atoms with Crippen molar-refractivity contribution in [2.45, 2.75) is 19.8 Å². The van der Waals surface area contributed by atoms with Gasteiger partial charge in [0.1, 0.15) is 17.2 Å². The van der Waals surface area contributed by atoms with Crippen molar-refractivity contribution >= 4 is 23.3 Å². The third-order valence-electron chi connectivity index (χ3n) is 4.21. The average molecular weight is 342 g/mol. The monoisotopic (exact) mass is 342 g/mol. The second-order valence-corrected chi connectivity index (χ2v) is 6.16. The Balaban J connectivity index is 1.74. The second-order valence-electron chi connectivity index (χ2n) is 6.16. The molecule has 2 aromatic heterocycles. The minimum atomic E-state index is -0.998. The Bertz CT molecular complexity index is 728. The maximum Gasteiger partial charge on any atom is 0.339 e. The van der Waals surface area contributed by atoms with Crippen LogP contribution >= 0.6 is 0 Å². The predicted molar refractivity (Wildman–Crippen MR) is 95.3 cm³/mol. The van der Waals surface area contributed by atoms with Gasteiger partial charge in [0.05, 0.1) is 23.8 Å². The number of carbonyl (C=O) groups is 1. The van der Waals surface area contributed by atoms with E-state index in [1.807, 2.05) is 6.92 Å². The van der Waals surface area contributed by atoms with Crippen LogP contribution in [0, 0.1) is 12.8 Å². The lowest BCUT2D eigenvalue weighted by Crippen LogP contribution is -2.31. The molecular weight excluding hydrogens is 320 g/mol. The highest BCUT2D eigenvalue weighted by atomic mass is 16.4. The summed E-state index contributed by atoms with van der Waals surface area (Å²) in [6, 6.07) is 1.70. The third kappa shape index (κ3) is 4.63. The highest BCUT2D eigenvalue weighted by molar-refractivity contribution is 5.94. The molecule has 1 aliphatic rings. The Kier molecular flexibility index (Phi) is 5.39. The van der Waals surface area contributed by atoms with Crippen LogP contribution in [-0.2, 0) is 0 Å². The van der Waals surface area contributed by atoms with E-state index in [2.05, 4.69) is 30.9 Å². The van der Waals surface area contributed by atoms with Gasteiger partial charge in [0, 0.05) is 18.8 Å². The molecule has 3 rings (SSSR count). The summed E-state index contributed by atoms with van der Waals surface area (Å²) in [4.78, 5) is 24.0. The van der Waals surface area contributed by atoms with E-state index in [1.165, 1.54) is 6.20 Å². The maximum atomic E-state index is 11.4. The van der Waals surface area contributed by atoms with E-state index in [4.69, 9.17) is 0 Å². The molecular formula is C17H22N6O2. The van der Waals surface area contributed by atoms with Gasteiger partial charge in [0.2, 0.25) is 0 Å². The van der Waals surface area contributed by atoms with Gasteiger partial charge in [-0.2, -0.15) is 0 Å². The number of rotatable bonds is 6. The quantitative estimate of drug-likeness (QED) is 0.631. The van der Waals surface area contributed by atoms with E-state index in [0.717, 1.165) is 38.2 Å².